The molecule has 1 amide bonds. The van der Waals surface area contributed by atoms with Gasteiger partial charge in [0, 0.05) is 24.1 Å². The highest BCUT2D eigenvalue weighted by atomic mass is 16.5. The van der Waals surface area contributed by atoms with Gasteiger partial charge in [-0.25, -0.2) is 9.78 Å². The Morgan fingerprint density at radius 1 is 1.12 bits per heavy atom. The summed E-state index contributed by atoms with van der Waals surface area (Å²) >= 11 is 0. The molecule has 3 aromatic rings. The number of imidazole rings is 1. The number of hydrogen-bond acceptors (Lipinski definition) is 4. The molecule has 2 heterocycles. The first-order valence-electron chi connectivity index (χ1n) is 11.6. The molecule has 0 unspecified atom stereocenters. The maximum atomic E-state index is 12.5. The number of fused-ring (bicyclic) bond motifs is 3. The second-order valence-electron chi connectivity index (χ2n) is 9.22. The molecule has 0 saturated heterocycles. The van der Waals surface area contributed by atoms with E-state index in [4.69, 9.17) is 9.72 Å². The number of nitrogens with zero attached hydrogens (tertiary/aromatic N) is 3. The van der Waals surface area contributed by atoms with Crippen LogP contribution in [0, 0.1) is 5.92 Å². The van der Waals surface area contributed by atoms with Gasteiger partial charge in [-0.1, -0.05) is 30.3 Å². The van der Waals surface area contributed by atoms with E-state index < -0.39 is 5.97 Å². The molecule has 33 heavy (non-hydrogen) atoms. The van der Waals surface area contributed by atoms with E-state index in [0.29, 0.717) is 19.3 Å². The van der Waals surface area contributed by atoms with Crippen LogP contribution in [-0.2, 0) is 22.4 Å². The monoisotopic (exact) mass is 447 g/mol. The second-order valence-corrected chi connectivity index (χ2v) is 9.22. The van der Waals surface area contributed by atoms with Gasteiger partial charge in [0.25, 0.3) is 0 Å². The van der Waals surface area contributed by atoms with Crippen molar-refractivity contribution in [3.05, 3.63) is 59.4 Å². The Morgan fingerprint density at radius 2 is 1.91 bits per heavy atom. The number of benzene rings is 2. The topological polar surface area (TPSA) is 84.7 Å². The standard InChI is InChI=1S/C26H29N3O4/c1-16-8-11-20-21(28(16)26(32)33-2)12-13-22-24(20)27-23(14-17-6-4-3-5-7-17)29(22)19-10-9-18(15-19)25(30)31/h3-7,12-13,16,18-19H,8-11,14-15H2,1-2H3,(H,30,31)/t16-,18-,19-/m0/s1. The normalized spacial score (nSPS) is 22.4. The third-order valence-corrected chi connectivity index (χ3v) is 7.22. The summed E-state index contributed by atoms with van der Waals surface area (Å²) in [7, 11) is 1.41. The Balaban J connectivity index is 1.65. The van der Waals surface area contributed by atoms with E-state index >= 15 is 0 Å². The number of carboxylic acid groups (broad SMARTS) is 1. The number of carbonyl (C=O) groups excluding carboxylic acids is 1. The summed E-state index contributed by atoms with van der Waals surface area (Å²) in [5, 5.41) is 9.56. The maximum absolute atomic E-state index is 12.5. The van der Waals surface area contributed by atoms with Gasteiger partial charge in [0.15, 0.2) is 0 Å². The van der Waals surface area contributed by atoms with Crippen molar-refractivity contribution in [3.63, 3.8) is 0 Å². The third kappa shape index (κ3) is 3.75. The number of ether oxygens (including phenoxy) is 1. The molecule has 0 bridgehead atoms. The number of amides is 1. The van der Waals surface area contributed by atoms with Crippen molar-refractivity contribution >= 4 is 28.8 Å². The van der Waals surface area contributed by atoms with Gasteiger partial charge in [-0.3, -0.25) is 9.69 Å². The first kappa shape index (κ1) is 21.5. The first-order valence-corrected chi connectivity index (χ1v) is 11.6. The molecular weight excluding hydrogens is 418 g/mol. The van der Waals surface area contributed by atoms with Crippen LogP contribution in [0.15, 0.2) is 42.5 Å². The van der Waals surface area contributed by atoms with Gasteiger partial charge in [-0.05, 0) is 56.7 Å². The fraction of sp³-hybridized carbons (Fsp3) is 0.423. The number of aromatic nitrogens is 2. The van der Waals surface area contributed by atoms with Gasteiger partial charge >= 0.3 is 12.1 Å². The van der Waals surface area contributed by atoms with Gasteiger partial charge in [-0.2, -0.15) is 0 Å². The van der Waals surface area contributed by atoms with E-state index in [1.807, 2.05) is 37.3 Å². The number of methoxy groups -OCH3 is 1. The third-order valence-electron chi connectivity index (χ3n) is 7.22. The quantitative estimate of drug-likeness (QED) is 0.611. The Morgan fingerprint density at radius 3 is 2.61 bits per heavy atom. The molecular formula is C26H29N3O4. The molecule has 5 rings (SSSR count). The Hall–Kier alpha value is -3.35. The number of aryl methyl sites for hydroxylation is 1. The molecule has 1 aliphatic heterocycles. The molecule has 172 valence electrons. The van der Waals surface area contributed by atoms with Crippen LogP contribution in [0.4, 0.5) is 10.5 Å². The zero-order valence-electron chi connectivity index (χ0n) is 19.0. The largest absolute Gasteiger partial charge is 0.481 e. The van der Waals surface area contributed by atoms with E-state index in [-0.39, 0.29) is 24.1 Å². The number of aliphatic carboxylic acids is 1. The molecule has 0 radical (unpaired) electrons. The average molecular weight is 448 g/mol. The van der Waals surface area contributed by atoms with Gasteiger partial charge in [0.2, 0.25) is 0 Å². The lowest BCUT2D eigenvalue weighted by molar-refractivity contribution is -0.141. The number of carboxylic acids is 1. The lowest BCUT2D eigenvalue weighted by atomic mass is 9.95. The van der Waals surface area contributed by atoms with Crippen molar-refractivity contribution in [2.75, 3.05) is 12.0 Å². The molecule has 2 aromatic carbocycles. The van der Waals surface area contributed by atoms with Gasteiger partial charge in [0.1, 0.15) is 5.82 Å². The number of carbonyl (C=O) groups is 2. The molecule has 1 aromatic heterocycles. The van der Waals surface area contributed by atoms with Crippen molar-refractivity contribution in [3.8, 4) is 0 Å². The van der Waals surface area contributed by atoms with Crippen LogP contribution < -0.4 is 4.90 Å². The minimum absolute atomic E-state index is 0.0550. The lowest BCUT2D eigenvalue weighted by Crippen LogP contribution is -2.42. The van der Waals surface area contributed by atoms with Crippen LogP contribution in [0.25, 0.3) is 11.0 Å². The van der Waals surface area contributed by atoms with Crippen LogP contribution in [-0.4, -0.2) is 39.9 Å². The highest BCUT2D eigenvalue weighted by molar-refractivity contribution is 5.95. The summed E-state index contributed by atoms with van der Waals surface area (Å²) < 4.78 is 7.33. The van der Waals surface area contributed by atoms with E-state index in [1.54, 1.807) is 4.90 Å². The van der Waals surface area contributed by atoms with Crippen LogP contribution in [0.1, 0.15) is 55.6 Å². The predicted molar refractivity (Wildman–Crippen MR) is 126 cm³/mol. The van der Waals surface area contributed by atoms with E-state index in [2.05, 4.69) is 16.7 Å². The SMILES string of the molecule is COC(=O)N1c2ccc3c(nc(Cc4ccccc4)n3[C@H]3CC[C@H](C(=O)O)C3)c2CC[C@@H]1C. The van der Waals surface area contributed by atoms with Crippen LogP contribution in [0.2, 0.25) is 0 Å². The van der Waals surface area contributed by atoms with Crippen molar-refractivity contribution in [2.24, 2.45) is 5.92 Å². The Labute approximate surface area is 193 Å². The number of hydrogen-bond donors (Lipinski definition) is 1. The molecule has 1 fully saturated rings. The van der Waals surface area contributed by atoms with E-state index in [9.17, 15) is 14.7 Å². The summed E-state index contributed by atoms with van der Waals surface area (Å²) in [5.74, 6) is -0.0826. The maximum Gasteiger partial charge on any atom is 0.414 e. The van der Waals surface area contributed by atoms with Crippen molar-refractivity contribution in [2.45, 2.75) is 57.5 Å². The van der Waals surface area contributed by atoms with E-state index in [0.717, 1.165) is 47.4 Å². The Kier molecular flexibility index (Phi) is 5.56. The summed E-state index contributed by atoms with van der Waals surface area (Å²) in [6.45, 7) is 2.04. The molecule has 0 spiro atoms. The van der Waals surface area contributed by atoms with Crippen molar-refractivity contribution in [1.82, 2.24) is 9.55 Å². The minimum atomic E-state index is -0.716. The highest BCUT2D eigenvalue weighted by Crippen LogP contribution is 2.41. The minimum Gasteiger partial charge on any atom is -0.481 e. The summed E-state index contributed by atoms with van der Waals surface area (Å²) in [6, 6.07) is 14.4. The zero-order chi connectivity index (χ0) is 23.1. The fourth-order valence-corrected chi connectivity index (χ4v) is 5.55. The summed E-state index contributed by atoms with van der Waals surface area (Å²) in [5.41, 5.74) is 5.03. The lowest BCUT2D eigenvalue weighted by Gasteiger charge is -2.34. The molecule has 3 atom stereocenters. The smallest absolute Gasteiger partial charge is 0.414 e. The van der Waals surface area contributed by atoms with Gasteiger partial charge in [0.05, 0.1) is 29.7 Å². The number of anilines is 1. The van der Waals surface area contributed by atoms with Crippen molar-refractivity contribution < 1.29 is 19.4 Å². The van der Waals surface area contributed by atoms with Crippen LogP contribution in [0.3, 0.4) is 0 Å². The molecule has 7 nitrogen and oxygen atoms in total. The molecule has 1 N–H and O–H groups in total. The predicted octanol–water partition coefficient (Wildman–Crippen LogP) is 4.96. The van der Waals surface area contributed by atoms with Gasteiger partial charge in [-0.15, -0.1) is 0 Å². The average Bonchev–Trinajstić information content (AvgIpc) is 3.43. The molecule has 1 saturated carbocycles. The number of rotatable bonds is 4. The fourth-order valence-electron chi connectivity index (χ4n) is 5.55. The summed E-state index contributed by atoms with van der Waals surface area (Å²) in [4.78, 5) is 31.0. The van der Waals surface area contributed by atoms with E-state index in [1.165, 1.54) is 12.7 Å². The second kappa shape index (κ2) is 8.54. The molecule has 7 heteroatoms. The van der Waals surface area contributed by atoms with Gasteiger partial charge < -0.3 is 14.4 Å². The van der Waals surface area contributed by atoms with Crippen LogP contribution in [0.5, 0.6) is 0 Å². The zero-order valence-corrected chi connectivity index (χ0v) is 19.0. The molecule has 2 aliphatic rings. The first-order chi connectivity index (χ1) is 16.0. The highest BCUT2D eigenvalue weighted by Gasteiger charge is 2.35. The Bertz CT molecular complexity index is 1200. The van der Waals surface area contributed by atoms with Crippen LogP contribution >= 0.6 is 0 Å². The summed E-state index contributed by atoms with van der Waals surface area (Å²) in [6.07, 6.45) is 4.13. The molecule has 1 aliphatic carbocycles. The van der Waals surface area contributed by atoms with Crippen molar-refractivity contribution in [1.29, 1.82) is 0 Å².